The van der Waals surface area contributed by atoms with Gasteiger partial charge in [0.25, 0.3) is 0 Å². The molecule has 0 aliphatic carbocycles. The van der Waals surface area contributed by atoms with Crippen LogP contribution in [-0.4, -0.2) is 26.6 Å². The molecule has 3 heteroatoms. The Hall–Kier alpha value is -0.123. The summed E-state index contributed by atoms with van der Waals surface area (Å²) >= 11 is 0. The summed E-state index contributed by atoms with van der Waals surface area (Å²) in [6, 6.07) is 0. The van der Waals surface area contributed by atoms with Crippen molar-refractivity contribution < 1.29 is 9.53 Å². The third-order valence-electron chi connectivity index (χ3n) is 3.61. The highest BCUT2D eigenvalue weighted by Crippen LogP contribution is 2.36. The molecule has 0 radical (unpaired) electrons. The number of allylic oxidation sites excluding steroid dienone is 1. The van der Waals surface area contributed by atoms with E-state index in [-0.39, 0.29) is 6.61 Å². The molecule has 0 saturated heterocycles. The fraction of sp³-hybridized carbons (Fsp3) is 0.857. The van der Waals surface area contributed by atoms with Crippen LogP contribution in [0.2, 0.25) is 18.1 Å². The average molecular weight is 258 g/mol. The second-order valence-electron chi connectivity index (χ2n) is 6.28. The molecule has 0 saturated carbocycles. The third kappa shape index (κ3) is 7.01. The molecule has 0 aromatic heterocycles. The minimum absolute atomic E-state index is 0.248. The minimum Gasteiger partial charge on any atom is -0.417 e. The van der Waals surface area contributed by atoms with E-state index in [4.69, 9.17) is 9.53 Å². The van der Waals surface area contributed by atoms with E-state index in [0.29, 0.717) is 5.04 Å². The third-order valence-corrected chi connectivity index (χ3v) is 8.14. The smallest absolute Gasteiger partial charge is 0.191 e. The molecule has 0 aliphatic heterocycles. The first-order valence-corrected chi connectivity index (χ1v) is 9.52. The summed E-state index contributed by atoms with van der Waals surface area (Å²) in [7, 11) is -1.56. The lowest BCUT2D eigenvalue weighted by atomic mass is 10.1. The van der Waals surface area contributed by atoms with Crippen molar-refractivity contribution in [2.24, 2.45) is 0 Å². The molecule has 1 N–H and O–H groups in total. The summed E-state index contributed by atoms with van der Waals surface area (Å²) in [6.07, 6.45) is 5.05. The Balaban J connectivity index is 3.86. The van der Waals surface area contributed by atoms with E-state index in [1.807, 2.05) is 0 Å². The van der Waals surface area contributed by atoms with Gasteiger partial charge in [-0.25, -0.2) is 0 Å². The van der Waals surface area contributed by atoms with Crippen LogP contribution in [0.4, 0.5) is 0 Å². The molecule has 0 spiro atoms. The average Bonchev–Trinajstić information content (AvgIpc) is 2.20. The van der Waals surface area contributed by atoms with Gasteiger partial charge in [-0.05, 0) is 44.3 Å². The van der Waals surface area contributed by atoms with Gasteiger partial charge in [-0.1, -0.05) is 32.4 Å². The molecule has 0 fully saturated rings. The highest BCUT2D eigenvalue weighted by Gasteiger charge is 2.36. The van der Waals surface area contributed by atoms with Crippen LogP contribution in [0.25, 0.3) is 0 Å². The van der Waals surface area contributed by atoms with Crippen LogP contribution >= 0.6 is 0 Å². The monoisotopic (exact) mass is 258 g/mol. The molecular weight excluding hydrogens is 228 g/mol. The molecule has 0 aliphatic rings. The first kappa shape index (κ1) is 16.9. The van der Waals surface area contributed by atoms with Gasteiger partial charge in [0.05, 0.1) is 0 Å². The van der Waals surface area contributed by atoms with Gasteiger partial charge >= 0.3 is 0 Å². The minimum atomic E-state index is -1.56. The van der Waals surface area contributed by atoms with Crippen LogP contribution in [0.15, 0.2) is 11.6 Å². The molecule has 0 unspecified atom stereocenters. The molecule has 2 nitrogen and oxygen atoms in total. The van der Waals surface area contributed by atoms with Crippen molar-refractivity contribution in [2.75, 3.05) is 13.2 Å². The van der Waals surface area contributed by atoms with Crippen molar-refractivity contribution >= 4 is 8.32 Å². The molecule has 102 valence electrons. The maximum Gasteiger partial charge on any atom is 0.191 e. The summed E-state index contributed by atoms with van der Waals surface area (Å²) in [5.41, 5.74) is 1.36. The summed E-state index contributed by atoms with van der Waals surface area (Å²) in [5.74, 6) is 0. The van der Waals surface area contributed by atoms with Crippen LogP contribution in [0.1, 0.15) is 47.0 Å². The summed E-state index contributed by atoms with van der Waals surface area (Å²) < 4.78 is 6.11. The lowest BCUT2D eigenvalue weighted by Crippen LogP contribution is -2.40. The second-order valence-corrected chi connectivity index (χ2v) is 11.1. The standard InChI is InChI=1S/C14H30O2Si/c1-13(9-7-11-15)10-8-12-16-17(5,6)14(2,3)4/h9,15H,7-8,10-12H2,1-6H3/b13-9+. The molecule has 0 aromatic carbocycles. The Morgan fingerprint density at radius 3 is 2.35 bits per heavy atom. The Bertz CT molecular complexity index is 239. The summed E-state index contributed by atoms with van der Waals surface area (Å²) in [6.45, 7) is 14.6. The van der Waals surface area contributed by atoms with E-state index in [2.05, 4.69) is 46.9 Å². The lowest BCUT2D eigenvalue weighted by Gasteiger charge is -2.36. The van der Waals surface area contributed by atoms with Crippen molar-refractivity contribution in [3.05, 3.63) is 11.6 Å². The van der Waals surface area contributed by atoms with Crippen molar-refractivity contribution in [2.45, 2.75) is 65.1 Å². The van der Waals surface area contributed by atoms with Crippen molar-refractivity contribution in [1.82, 2.24) is 0 Å². The van der Waals surface area contributed by atoms with Gasteiger partial charge in [0.2, 0.25) is 0 Å². The molecule has 0 bridgehead atoms. The first-order valence-electron chi connectivity index (χ1n) is 6.61. The maximum absolute atomic E-state index is 8.72. The topological polar surface area (TPSA) is 29.5 Å². The molecule has 0 rings (SSSR count). The van der Waals surface area contributed by atoms with Crippen LogP contribution < -0.4 is 0 Å². The second kappa shape index (κ2) is 7.34. The number of aliphatic hydroxyl groups is 1. The summed E-state index contributed by atoms with van der Waals surface area (Å²) in [4.78, 5) is 0. The van der Waals surface area contributed by atoms with Crippen molar-refractivity contribution in [3.8, 4) is 0 Å². The number of hydrogen-bond donors (Lipinski definition) is 1. The molecule has 0 aromatic rings. The van der Waals surface area contributed by atoms with Gasteiger partial charge in [0, 0.05) is 13.2 Å². The predicted molar refractivity (Wildman–Crippen MR) is 77.8 cm³/mol. The molecule has 0 atom stereocenters. The molecular formula is C14H30O2Si. The van der Waals surface area contributed by atoms with Gasteiger partial charge in [-0.15, -0.1) is 0 Å². The Morgan fingerprint density at radius 1 is 1.29 bits per heavy atom. The van der Waals surface area contributed by atoms with Gasteiger partial charge in [0.1, 0.15) is 0 Å². The number of aliphatic hydroxyl groups excluding tert-OH is 1. The molecule has 0 heterocycles. The molecule has 17 heavy (non-hydrogen) atoms. The van der Waals surface area contributed by atoms with E-state index >= 15 is 0 Å². The first-order chi connectivity index (χ1) is 7.70. The maximum atomic E-state index is 8.72. The SMILES string of the molecule is C/C(=C\CCO)CCCO[Si](C)(C)C(C)(C)C. The number of rotatable bonds is 7. The van der Waals surface area contributed by atoms with Gasteiger partial charge in [0.15, 0.2) is 8.32 Å². The highest BCUT2D eigenvalue weighted by atomic mass is 28.4. The largest absolute Gasteiger partial charge is 0.417 e. The normalized spacial score (nSPS) is 14.2. The van der Waals surface area contributed by atoms with Crippen molar-refractivity contribution in [3.63, 3.8) is 0 Å². The van der Waals surface area contributed by atoms with E-state index in [0.717, 1.165) is 25.9 Å². The van der Waals surface area contributed by atoms with Gasteiger partial charge < -0.3 is 9.53 Å². The van der Waals surface area contributed by atoms with E-state index in [1.54, 1.807) is 0 Å². The van der Waals surface area contributed by atoms with Crippen LogP contribution in [0.3, 0.4) is 0 Å². The van der Waals surface area contributed by atoms with E-state index in [1.165, 1.54) is 5.57 Å². The fourth-order valence-electron chi connectivity index (χ4n) is 1.31. The predicted octanol–water partition coefficient (Wildman–Crippen LogP) is 4.12. The lowest BCUT2D eigenvalue weighted by molar-refractivity contribution is 0.282. The zero-order chi connectivity index (χ0) is 13.5. The number of hydrogen-bond acceptors (Lipinski definition) is 2. The Labute approximate surface area is 108 Å². The van der Waals surface area contributed by atoms with E-state index in [9.17, 15) is 0 Å². The quantitative estimate of drug-likeness (QED) is 0.423. The molecule has 0 amide bonds. The van der Waals surface area contributed by atoms with Crippen molar-refractivity contribution in [1.29, 1.82) is 0 Å². The van der Waals surface area contributed by atoms with Gasteiger partial charge in [-0.2, -0.15) is 0 Å². The Morgan fingerprint density at radius 2 is 1.88 bits per heavy atom. The highest BCUT2D eigenvalue weighted by molar-refractivity contribution is 6.74. The van der Waals surface area contributed by atoms with Crippen LogP contribution in [-0.2, 0) is 4.43 Å². The Kier molecular flexibility index (Phi) is 7.29. The zero-order valence-corrected chi connectivity index (χ0v) is 13.5. The fourth-order valence-corrected chi connectivity index (χ4v) is 2.40. The van der Waals surface area contributed by atoms with Crippen LogP contribution in [0, 0.1) is 0 Å². The summed E-state index contributed by atoms with van der Waals surface area (Å²) in [5, 5.41) is 9.02. The zero-order valence-electron chi connectivity index (χ0n) is 12.5. The van der Waals surface area contributed by atoms with E-state index < -0.39 is 8.32 Å². The van der Waals surface area contributed by atoms with Crippen LogP contribution in [0.5, 0.6) is 0 Å². The van der Waals surface area contributed by atoms with Gasteiger partial charge in [-0.3, -0.25) is 0 Å².